The second kappa shape index (κ2) is 10.7. The Morgan fingerprint density at radius 3 is 2.57 bits per heavy atom. The number of carbonyl (C=O) groups is 2. The third kappa shape index (κ3) is 5.97. The van der Waals surface area contributed by atoms with Gasteiger partial charge in [0, 0.05) is 30.5 Å². The van der Waals surface area contributed by atoms with Crippen LogP contribution in [0.2, 0.25) is 5.02 Å². The Bertz CT molecular complexity index is 1350. The molecule has 0 saturated carbocycles. The molecule has 0 unspecified atom stereocenters. The van der Waals surface area contributed by atoms with Crippen molar-refractivity contribution in [3.63, 3.8) is 0 Å². The first-order chi connectivity index (χ1) is 17.6. The number of methoxy groups -OCH3 is 2. The van der Waals surface area contributed by atoms with Crippen molar-refractivity contribution in [1.82, 2.24) is 4.90 Å². The molecule has 0 radical (unpaired) electrons. The van der Waals surface area contributed by atoms with Gasteiger partial charge in [-0.15, -0.1) is 0 Å². The SMILES string of the molecule is COc1cccc(CN(CC(=O)O)C(=O)c2cc3c(c(OC)c2)O[C@](C)(Cc2ccc(Cl)c(F)c2)C3)c1. The summed E-state index contributed by atoms with van der Waals surface area (Å²) in [6.07, 6.45) is 0.849. The molecule has 1 N–H and O–H groups in total. The first-order valence-electron chi connectivity index (χ1n) is 11.6. The molecule has 37 heavy (non-hydrogen) atoms. The number of nitrogens with zero attached hydrogens (tertiary/aromatic N) is 1. The minimum atomic E-state index is -1.13. The van der Waals surface area contributed by atoms with Crippen LogP contribution in [-0.2, 0) is 24.2 Å². The predicted molar refractivity (Wildman–Crippen MR) is 136 cm³/mol. The smallest absolute Gasteiger partial charge is 0.323 e. The van der Waals surface area contributed by atoms with Gasteiger partial charge in [0.1, 0.15) is 23.7 Å². The maximum absolute atomic E-state index is 14.0. The van der Waals surface area contributed by atoms with Crippen LogP contribution in [0.15, 0.2) is 54.6 Å². The van der Waals surface area contributed by atoms with Gasteiger partial charge >= 0.3 is 5.97 Å². The first kappa shape index (κ1) is 26.3. The van der Waals surface area contributed by atoms with Crippen molar-refractivity contribution in [3.05, 3.63) is 87.7 Å². The second-order valence-corrected chi connectivity index (χ2v) is 9.63. The van der Waals surface area contributed by atoms with Gasteiger partial charge in [-0.05, 0) is 54.4 Å². The summed E-state index contributed by atoms with van der Waals surface area (Å²) in [5.41, 5.74) is 1.77. The Hall–Kier alpha value is -3.78. The largest absolute Gasteiger partial charge is 0.497 e. The van der Waals surface area contributed by atoms with Crippen LogP contribution in [0.5, 0.6) is 17.2 Å². The summed E-state index contributed by atoms with van der Waals surface area (Å²) in [7, 11) is 3.01. The lowest BCUT2D eigenvalue weighted by Gasteiger charge is -2.24. The van der Waals surface area contributed by atoms with Crippen molar-refractivity contribution < 1.29 is 33.3 Å². The average Bonchev–Trinajstić information content (AvgIpc) is 3.20. The fourth-order valence-corrected chi connectivity index (χ4v) is 4.70. The number of carboxylic acids is 1. The zero-order valence-electron chi connectivity index (χ0n) is 20.7. The number of halogens is 2. The van der Waals surface area contributed by atoms with Crippen molar-refractivity contribution in [1.29, 1.82) is 0 Å². The van der Waals surface area contributed by atoms with E-state index in [0.29, 0.717) is 30.1 Å². The minimum Gasteiger partial charge on any atom is -0.497 e. The van der Waals surface area contributed by atoms with E-state index in [4.69, 9.17) is 25.8 Å². The number of benzene rings is 3. The molecule has 3 aromatic carbocycles. The van der Waals surface area contributed by atoms with Gasteiger partial charge in [0.15, 0.2) is 11.5 Å². The summed E-state index contributed by atoms with van der Waals surface area (Å²) in [5.74, 6) is -0.609. The van der Waals surface area contributed by atoms with Crippen LogP contribution < -0.4 is 14.2 Å². The van der Waals surface area contributed by atoms with Crippen LogP contribution in [0.1, 0.15) is 34.0 Å². The van der Waals surface area contributed by atoms with Crippen LogP contribution in [0.3, 0.4) is 0 Å². The summed E-state index contributed by atoms with van der Waals surface area (Å²) < 4.78 is 31.0. The molecule has 0 aliphatic carbocycles. The topological polar surface area (TPSA) is 85.3 Å². The van der Waals surface area contributed by atoms with E-state index >= 15 is 0 Å². The van der Waals surface area contributed by atoms with E-state index < -0.39 is 29.8 Å². The van der Waals surface area contributed by atoms with Crippen LogP contribution >= 0.6 is 11.6 Å². The molecule has 0 saturated heterocycles. The van der Waals surface area contributed by atoms with Crippen LogP contribution in [0.25, 0.3) is 0 Å². The molecule has 0 fully saturated rings. The zero-order valence-corrected chi connectivity index (χ0v) is 21.5. The van der Waals surface area contributed by atoms with E-state index in [9.17, 15) is 19.1 Å². The maximum atomic E-state index is 14.0. The molecule has 194 valence electrons. The van der Waals surface area contributed by atoms with E-state index in [1.54, 1.807) is 42.5 Å². The number of fused-ring (bicyclic) bond motifs is 1. The lowest BCUT2D eigenvalue weighted by Crippen LogP contribution is -2.35. The van der Waals surface area contributed by atoms with Gasteiger partial charge in [0.05, 0.1) is 19.2 Å². The van der Waals surface area contributed by atoms with Crippen molar-refractivity contribution in [2.75, 3.05) is 20.8 Å². The van der Waals surface area contributed by atoms with Gasteiger partial charge in [0.25, 0.3) is 5.91 Å². The molecule has 1 amide bonds. The van der Waals surface area contributed by atoms with E-state index in [1.807, 2.05) is 6.92 Å². The molecular formula is C28H27ClFNO6. The summed E-state index contributed by atoms with van der Waals surface area (Å²) in [4.78, 5) is 26.3. The summed E-state index contributed by atoms with van der Waals surface area (Å²) >= 11 is 5.81. The lowest BCUT2D eigenvalue weighted by atomic mass is 9.91. The fourth-order valence-electron chi connectivity index (χ4n) is 4.58. The second-order valence-electron chi connectivity index (χ2n) is 9.23. The van der Waals surface area contributed by atoms with Crippen LogP contribution in [0.4, 0.5) is 4.39 Å². The highest BCUT2D eigenvalue weighted by atomic mass is 35.5. The van der Waals surface area contributed by atoms with E-state index in [2.05, 4.69) is 0 Å². The van der Waals surface area contributed by atoms with E-state index in [1.165, 1.54) is 31.3 Å². The van der Waals surface area contributed by atoms with Gasteiger partial charge in [-0.3, -0.25) is 9.59 Å². The van der Waals surface area contributed by atoms with Crippen LogP contribution in [-0.4, -0.2) is 48.2 Å². The Kier molecular flexibility index (Phi) is 7.59. The molecule has 0 spiro atoms. The number of ether oxygens (including phenoxy) is 3. The third-order valence-electron chi connectivity index (χ3n) is 6.19. The van der Waals surface area contributed by atoms with Gasteiger partial charge in [-0.1, -0.05) is 29.8 Å². The lowest BCUT2D eigenvalue weighted by molar-refractivity contribution is -0.137. The Labute approximate surface area is 219 Å². The van der Waals surface area contributed by atoms with Crippen molar-refractivity contribution >= 4 is 23.5 Å². The summed E-state index contributed by atoms with van der Waals surface area (Å²) in [5, 5.41) is 9.51. The number of carbonyl (C=O) groups excluding carboxylic acids is 1. The Morgan fingerprint density at radius 2 is 1.89 bits per heavy atom. The minimum absolute atomic E-state index is 0.0502. The highest BCUT2D eigenvalue weighted by Crippen LogP contribution is 2.44. The molecule has 7 nitrogen and oxygen atoms in total. The molecular weight excluding hydrogens is 501 g/mol. The molecule has 1 atom stereocenters. The number of hydrogen-bond donors (Lipinski definition) is 1. The number of amides is 1. The zero-order chi connectivity index (χ0) is 26.7. The summed E-state index contributed by atoms with van der Waals surface area (Å²) in [6, 6.07) is 15.0. The van der Waals surface area contributed by atoms with Gasteiger partial charge in [-0.25, -0.2) is 4.39 Å². The third-order valence-corrected chi connectivity index (χ3v) is 6.50. The molecule has 1 heterocycles. The highest BCUT2D eigenvalue weighted by molar-refractivity contribution is 6.30. The molecule has 0 aromatic heterocycles. The summed E-state index contributed by atoms with van der Waals surface area (Å²) in [6.45, 7) is 1.50. The van der Waals surface area contributed by atoms with Crippen molar-refractivity contribution in [2.45, 2.75) is 31.9 Å². The van der Waals surface area contributed by atoms with E-state index in [0.717, 1.165) is 16.7 Å². The van der Waals surface area contributed by atoms with Gasteiger partial charge in [0.2, 0.25) is 0 Å². The Morgan fingerprint density at radius 1 is 1.11 bits per heavy atom. The number of aliphatic carboxylic acids is 1. The quantitative estimate of drug-likeness (QED) is 0.414. The number of hydrogen-bond acceptors (Lipinski definition) is 5. The molecule has 3 aromatic rings. The van der Waals surface area contributed by atoms with Gasteiger partial charge in [-0.2, -0.15) is 0 Å². The van der Waals surface area contributed by atoms with E-state index in [-0.39, 0.29) is 17.1 Å². The van der Waals surface area contributed by atoms with Crippen molar-refractivity contribution in [2.24, 2.45) is 0 Å². The highest BCUT2D eigenvalue weighted by Gasteiger charge is 2.38. The normalized spacial score (nSPS) is 16.0. The Balaban J connectivity index is 1.61. The monoisotopic (exact) mass is 527 g/mol. The number of carboxylic acid groups (broad SMARTS) is 1. The molecule has 4 rings (SSSR count). The predicted octanol–water partition coefficient (Wildman–Crippen LogP) is 5.16. The fraction of sp³-hybridized carbons (Fsp3) is 0.286. The first-order valence-corrected chi connectivity index (χ1v) is 12.0. The van der Waals surface area contributed by atoms with Crippen molar-refractivity contribution in [3.8, 4) is 17.2 Å². The average molecular weight is 528 g/mol. The standard InChI is InChI=1S/C28H27ClFNO6/c1-28(13-17-7-8-22(29)23(30)10-17)14-20-11-19(12-24(36-3)26(20)37-28)27(34)31(16-25(32)33)15-18-5-4-6-21(9-18)35-2/h4-12H,13-16H2,1-3H3,(H,32,33)/t28-/m1/s1. The molecule has 0 bridgehead atoms. The molecule has 1 aliphatic heterocycles. The number of rotatable bonds is 9. The molecule has 9 heteroatoms. The van der Waals surface area contributed by atoms with Gasteiger partial charge < -0.3 is 24.2 Å². The molecule has 1 aliphatic rings. The maximum Gasteiger partial charge on any atom is 0.323 e. The van der Waals surface area contributed by atoms with Crippen LogP contribution in [0, 0.1) is 5.82 Å².